The summed E-state index contributed by atoms with van der Waals surface area (Å²) >= 11 is 0. The summed E-state index contributed by atoms with van der Waals surface area (Å²) in [4.78, 5) is 2.18. The van der Waals surface area contributed by atoms with Crippen molar-refractivity contribution in [2.75, 3.05) is 20.1 Å². The van der Waals surface area contributed by atoms with E-state index < -0.39 is 5.60 Å². The largest absolute Gasteiger partial charge is 0.409 e. The van der Waals surface area contributed by atoms with Crippen LogP contribution in [0.4, 0.5) is 0 Å². The zero-order valence-electron chi connectivity index (χ0n) is 10.7. The van der Waals surface area contributed by atoms with Crippen molar-refractivity contribution in [2.24, 2.45) is 10.9 Å². The first-order valence-electron chi connectivity index (χ1n) is 6.43. The smallest absolute Gasteiger partial charge is 0.139 e. The van der Waals surface area contributed by atoms with Crippen LogP contribution in [0.25, 0.3) is 0 Å². The van der Waals surface area contributed by atoms with Gasteiger partial charge in [-0.25, -0.2) is 0 Å². The molecule has 1 fully saturated rings. The Morgan fingerprint density at radius 3 is 2.59 bits per heavy atom. The van der Waals surface area contributed by atoms with Gasteiger partial charge in [-0.05, 0) is 39.3 Å². The minimum atomic E-state index is -0.458. The molecule has 0 atom stereocenters. The van der Waals surface area contributed by atoms with Crippen molar-refractivity contribution in [3.8, 4) is 0 Å². The quantitative estimate of drug-likeness (QED) is 0.206. The van der Waals surface area contributed by atoms with Gasteiger partial charge in [0.1, 0.15) is 5.84 Å². The number of amidine groups is 1. The number of hydrogen-bond acceptors (Lipinski definition) is 4. The Balaban J connectivity index is 2.10. The molecular formula is C12H25N3O2. The highest BCUT2D eigenvalue weighted by atomic mass is 16.4. The van der Waals surface area contributed by atoms with Crippen LogP contribution in [0, 0.1) is 0 Å². The Kier molecular flexibility index (Phi) is 5.71. The Hall–Kier alpha value is -0.810. The monoisotopic (exact) mass is 243 g/mol. The molecule has 5 nitrogen and oxygen atoms in total. The molecule has 0 aromatic rings. The van der Waals surface area contributed by atoms with Gasteiger partial charge in [-0.3, -0.25) is 0 Å². The standard InChI is InChI=1S/C12H25N3O2/c1-15(9-5-2-6-11(13)14-17)10-12(16)7-3-4-8-12/h16-17H,2-10H2,1H3,(H2,13,14). The second-order valence-corrected chi connectivity index (χ2v) is 5.22. The summed E-state index contributed by atoms with van der Waals surface area (Å²) in [6, 6.07) is 0. The first kappa shape index (κ1) is 14.3. The Bertz CT molecular complexity index is 250. The van der Waals surface area contributed by atoms with Crippen LogP contribution in [-0.4, -0.2) is 46.8 Å². The number of likely N-dealkylation sites (N-methyl/N-ethyl adjacent to an activating group) is 1. The molecule has 0 bridgehead atoms. The summed E-state index contributed by atoms with van der Waals surface area (Å²) in [5.74, 6) is 0.294. The van der Waals surface area contributed by atoms with Crippen LogP contribution in [0.2, 0.25) is 0 Å². The molecule has 1 saturated carbocycles. The molecule has 0 aromatic heterocycles. The summed E-state index contributed by atoms with van der Waals surface area (Å²) < 4.78 is 0. The summed E-state index contributed by atoms with van der Waals surface area (Å²) in [5, 5.41) is 21.6. The molecule has 0 saturated heterocycles. The number of aliphatic hydroxyl groups is 1. The van der Waals surface area contributed by atoms with Crippen LogP contribution in [0.3, 0.4) is 0 Å². The van der Waals surface area contributed by atoms with Crippen molar-refractivity contribution >= 4 is 5.84 Å². The second kappa shape index (κ2) is 6.81. The van der Waals surface area contributed by atoms with Crippen LogP contribution in [0.15, 0.2) is 5.16 Å². The van der Waals surface area contributed by atoms with E-state index in [0.29, 0.717) is 12.3 Å². The molecule has 0 radical (unpaired) electrons. The van der Waals surface area contributed by atoms with Crippen LogP contribution in [-0.2, 0) is 0 Å². The molecule has 0 amide bonds. The normalized spacial score (nSPS) is 20.1. The number of oxime groups is 1. The molecule has 1 aliphatic rings. The van der Waals surface area contributed by atoms with E-state index in [2.05, 4.69) is 10.1 Å². The topological polar surface area (TPSA) is 82.1 Å². The minimum absolute atomic E-state index is 0.294. The zero-order chi connectivity index (χ0) is 12.7. The second-order valence-electron chi connectivity index (χ2n) is 5.22. The van der Waals surface area contributed by atoms with Gasteiger partial charge in [0, 0.05) is 13.0 Å². The van der Waals surface area contributed by atoms with E-state index in [-0.39, 0.29) is 0 Å². The van der Waals surface area contributed by atoms with Crippen LogP contribution in [0.5, 0.6) is 0 Å². The molecule has 0 spiro atoms. The minimum Gasteiger partial charge on any atom is -0.409 e. The summed E-state index contributed by atoms with van der Waals surface area (Å²) in [5.41, 5.74) is 4.93. The number of nitrogens with zero attached hydrogens (tertiary/aromatic N) is 2. The van der Waals surface area contributed by atoms with Gasteiger partial charge in [-0.15, -0.1) is 0 Å². The molecule has 5 heteroatoms. The van der Waals surface area contributed by atoms with Gasteiger partial charge in [-0.1, -0.05) is 18.0 Å². The summed E-state index contributed by atoms with van der Waals surface area (Å²) in [6.07, 6.45) is 6.71. The van der Waals surface area contributed by atoms with E-state index in [1.165, 1.54) is 0 Å². The predicted molar refractivity (Wildman–Crippen MR) is 68.2 cm³/mol. The van der Waals surface area contributed by atoms with Crippen molar-refractivity contribution in [3.63, 3.8) is 0 Å². The molecule has 0 heterocycles. The Labute approximate surface area is 103 Å². The Morgan fingerprint density at radius 1 is 1.35 bits per heavy atom. The summed E-state index contributed by atoms with van der Waals surface area (Å²) in [7, 11) is 2.04. The van der Waals surface area contributed by atoms with Gasteiger partial charge in [0.15, 0.2) is 0 Å². The van der Waals surface area contributed by atoms with Crippen molar-refractivity contribution in [2.45, 2.75) is 50.5 Å². The van der Waals surface area contributed by atoms with E-state index in [9.17, 15) is 5.11 Å². The molecule has 4 N–H and O–H groups in total. The van der Waals surface area contributed by atoms with Crippen molar-refractivity contribution in [3.05, 3.63) is 0 Å². The highest BCUT2D eigenvalue weighted by Gasteiger charge is 2.31. The molecule has 17 heavy (non-hydrogen) atoms. The maximum Gasteiger partial charge on any atom is 0.139 e. The third kappa shape index (κ3) is 5.37. The van der Waals surface area contributed by atoms with Crippen molar-refractivity contribution in [1.29, 1.82) is 0 Å². The first-order chi connectivity index (χ1) is 8.06. The molecule has 0 aromatic carbocycles. The zero-order valence-corrected chi connectivity index (χ0v) is 10.7. The first-order valence-corrected chi connectivity index (χ1v) is 6.43. The third-order valence-electron chi connectivity index (χ3n) is 3.45. The lowest BCUT2D eigenvalue weighted by molar-refractivity contribution is 0.0161. The fourth-order valence-electron chi connectivity index (χ4n) is 2.51. The maximum atomic E-state index is 10.2. The van der Waals surface area contributed by atoms with Crippen LogP contribution in [0.1, 0.15) is 44.9 Å². The van der Waals surface area contributed by atoms with E-state index in [4.69, 9.17) is 10.9 Å². The molecular weight excluding hydrogens is 218 g/mol. The molecule has 1 rings (SSSR count). The fourth-order valence-corrected chi connectivity index (χ4v) is 2.51. The van der Waals surface area contributed by atoms with Gasteiger partial charge in [-0.2, -0.15) is 0 Å². The predicted octanol–water partition coefficient (Wildman–Crippen LogP) is 1.14. The lowest BCUT2D eigenvalue weighted by Gasteiger charge is -2.28. The lowest BCUT2D eigenvalue weighted by Crippen LogP contribution is -2.39. The molecule has 0 aliphatic heterocycles. The van der Waals surface area contributed by atoms with Crippen LogP contribution >= 0.6 is 0 Å². The average Bonchev–Trinajstić information content (AvgIpc) is 2.70. The van der Waals surface area contributed by atoms with E-state index >= 15 is 0 Å². The van der Waals surface area contributed by atoms with Gasteiger partial charge < -0.3 is 20.9 Å². The maximum absolute atomic E-state index is 10.2. The SMILES string of the molecule is CN(CCCCC(N)=NO)CC1(O)CCCC1. The van der Waals surface area contributed by atoms with Crippen LogP contribution < -0.4 is 5.73 Å². The number of hydrogen-bond donors (Lipinski definition) is 3. The molecule has 100 valence electrons. The number of unbranched alkanes of at least 4 members (excludes halogenated alkanes) is 1. The summed E-state index contributed by atoms with van der Waals surface area (Å²) in [6.45, 7) is 1.71. The van der Waals surface area contributed by atoms with Gasteiger partial charge in [0.2, 0.25) is 0 Å². The highest BCUT2D eigenvalue weighted by Crippen LogP contribution is 2.29. The Morgan fingerprint density at radius 2 is 2.00 bits per heavy atom. The lowest BCUT2D eigenvalue weighted by atomic mass is 10.0. The van der Waals surface area contributed by atoms with E-state index in [0.717, 1.165) is 51.6 Å². The van der Waals surface area contributed by atoms with E-state index in [1.54, 1.807) is 0 Å². The molecule has 1 aliphatic carbocycles. The van der Waals surface area contributed by atoms with Crippen molar-refractivity contribution in [1.82, 2.24) is 4.90 Å². The molecule has 0 unspecified atom stereocenters. The highest BCUT2D eigenvalue weighted by molar-refractivity contribution is 5.79. The number of nitrogens with two attached hydrogens (primary N) is 1. The van der Waals surface area contributed by atoms with Gasteiger partial charge in [0.05, 0.1) is 5.60 Å². The number of rotatable bonds is 7. The van der Waals surface area contributed by atoms with Crippen molar-refractivity contribution < 1.29 is 10.3 Å². The third-order valence-corrected chi connectivity index (χ3v) is 3.45. The fraction of sp³-hybridized carbons (Fsp3) is 0.917. The van der Waals surface area contributed by atoms with E-state index in [1.807, 2.05) is 7.05 Å². The van der Waals surface area contributed by atoms with Gasteiger partial charge >= 0.3 is 0 Å². The van der Waals surface area contributed by atoms with Gasteiger partial charge in [0.25, 0.3) is 0 Å². The average molecular weight is 243 g/mol.